The summed E-state index contributed by atoms with van der Waals surface area (Å²) in [5.74, 6) is 1.14. The van der Waals surface area contributed by atoms with Crippen molar-refractivity contribution in [3.8, 4) is 0 Å². The van der Waals surface area contributed by atoms with Crippen LogP contribution in [0.15, 0.2) is 47.6 Å². The normalized spacial score (nSPS) is 15.0. The van der Waals surface area contributed by atoms with Gasteiger partial charge in [0, 0.05) is 36.6 Å². The maximum Gasteiger partial charge on any atom is 0.0891 e. The van der Waals surface area contributed by atoms with Crippen LogP contribution in [0.1, 0.15) is 0 Å². The Balaban J connectivity index is 1.70. The van der Waals surface area contributed by atoms with Crippen LogP contribution in [0.3, 0.4) is 0 Å². The van der Waals surface area contributed by atoms with E-state index in [1.807, 2.05) is 11.8 Å². The standard InChI is InChI=1S/C12H16N2S/c1-13-7-8-14(11-13)9-10-15-12-5-3-2-4-6-12/h2-8H,9-11H2,1H3. The fourth-order valence-corrected chi connectivity index (χ4v) is 2.44. The molecule has 0 saturated heterocycles. The van der Waals surface area contributed by atoms with E-state index in [2.05, 4.69) is 59.6 Å². The van der Waals surface area contributed by atoms with E-state index >= 15 is 0 Å². The van der Waals surface area contributed by atoms with E-state index in [0.29, 0.717) is 0 Å². The largest absolute Gasteiger partial charge is 0.362 e. The van der Waals surface area contributed by atoms with E-state index in [0.717, 1.165) is 19.0 Å². The van der Waals surface area contributed by atoms with Crippen molar-refractivity contribution in [2.24, 2.45) is 0 Å². The molecule has 1 aliphatic rings. The van der Waals surface area contributed by atoms with Gasteiger partial charge in [0.15, 0.2) is 0 Å². The third kappa shape index (κ3) is 3.20. The molecule has 1 aromatic carbocycles. The van der Waals surface area contributed by atoms with Crippen LogP contribution < -0.4 is 0 Å². The molecule has 3 heteroatoms. The fraction of sp³-hybridized carbons (Fsp3) is 0.333. The predicted molar refractivity (Wildman–Crippen MR) is 65.6 cm³/mol. The minimum Gasteiger partial charge on any atom is -0.362 e. The molecule has 0 bridgehead atoms. The number of nitrogens with zero attached hydrogens (tertiary/aromatic N) is 2. The Morgan fingerprint density at radius 2 is 2.00 bits per heavy atom. The van der Waals surface area contributed by atoms with E-state index in [1.54, 1.807) is 0 Å². The first-order chi connectivity index (χ1) is 7.34. The summed E-state index contributed by atoms with van der Waals surface area (Å²) in [6.07, 6.45) is 4.28. The Morgan fingerprint density at radius 3 is 2.67 bits per heavy atom. The molecule has 0 amide bonds. The van der Waals surface area contributed by atoms with Gasteiger partial charge in [0.1, 0.15) is 0 Å². The molecule has 2 rings (SSSR count). The van der Waals surface area contributed by atoms with E-state index in [-0.39, 0.29) is 0 Å². The first-order valence-electron chi connectivity index (χ1n) is 5.15. The van der Waals surface area contributed by atoms with Gasteiger partial charge in [-0.3, -0.25) is 0 Å². The molecule has 1 aliphatic heterocycles. The molecular formula is C12H16N2S. The van der Waals surface area contributed by atoms with Crippen LogP contribution in [0.5, 0.6) is 0 Å². The first-order valence-corrected chi connectivity index (χ1v) is 6.13. The fourth-order valence-electron chi connectivity index (χ4n) is 1.53. The number of rotatable bonds is 4. The highest BCUT2D eigenvalue weighted by molar-refractivity contribution is 7.99. The Bertz CT molecular complexity index is 324. The number of thioether (sulfide) groups is 1. The monoisotopic (exact) mass is 220 g/mol. The third-order valence-corrected chi connectivity index (χ3v) is 3.32. The molecule has 0 unspecified atom stereocenters. The van der Waals surface area contributed by atoms with E-state index < -0.39 is 0 Å². The Kier molecular flexibility index (Phi) is 3.56. The van der Waals surface area contributed by atoms with Crippen molar-refractivity contribution < 1.29 is 0 Å². The van der Waals surface area contributed by atoms with Crippen molar-refractivity contribution in [3.05, 3.63) is 42.7 Å². The Labute approximate surface area is 95.6 Å². The summed E-state index contributed by atoms with van der Waals surface area (Å²) in [7, 11) is 2.10. The molecule has 80 valence electrons. The number of hydrogen-bond donors (Lipinski definition) is 0. The van der Waals surface area contributed by atoms with Crippen LogP contribution in [0, 0.1) is 0 Å². The van der Waals surface area contributed by atoms with Gasteiger partial charge in [0.05, 0.1) is 6.67 Å². The summed E-state index contributed by atoms with van der Waals surface area (Å²) in [5, 5.41) is 0. The van der Waals surface area contributed by atoms with Crippen LogP contribution in [0.4, 0.5) is 0 Å². The molecule has 15 heavy (non-hydrogen) atoms. The first kappa shape index (κ1) is 10.4. The molecule has 1 aromatic rings. The van der Waals surface area contributed by atoms with Gasteiger partial charge >= 0.3 is 0 Å². The molecule has 0 N–H and O–H groups in total. The predicted octanol–water partition coefficient (Wildman–Crippen LogP) is 2.45. The molecule has 0 saturated carbocycles. The SMILES string of the molecule is CN1C=CN(CCSc2ccccc2)C1. The molecule has 1 heterocycles. The average molecular weight is 220 g/mol. The smallest absolute Gasteiger partial charge is 0.0891 e. The van der Waals surface area contributed by atoms with Gasteiger partial charge in [0.2, 0.25) is 0 Å². The molecule has 0 radical (unpaired) electrons. The zero-order valence-electron chi connectivity index (χ0n) is 8.97. The van der Waals surface area contributed by atoms with E-state index in [9.17, 15) is 0 Å². The quantitative estimate of drug-likeness (QED) is 0.720. The van der Waals surface area contributed by atoms with Gasteiger partial charge in [-0.1, -0.05) is 18.2 Å². The van der Waals surface area contributed by atoms with Crippen molar-refractivity contribution in [2.45, 2.75) is 4.90 Å². The molecule has 0 aromatic heterocycles. The average Bonchev–Trinajstić information content (AvgIpc) is 2.66. The lowest BCUT2D eigenvalue weighted by Crippen LogP contribution is -2.24. The topological polar surface area (TPSA) is 6.48 Å². The second-order valence-electron chi connectivity index (χ2n) is 3.67. The second-order valence-corrected chi connectivity index (χ2v) is 4.84. The van der Waals surface area contributed by atoms with Gasteiger partial charge in [-0.15, -0.1) is 11.8 Å². The highest BCUT2D eigenvalue weighted by Gasteiger charge is 2.07. The lowest BCUT2D eigenvalue weighted by molar-refractivity contribution is 0.310. The summed E-state index contributed by atoms with van der Waals surface area (Å²) >= 11 is 1.91. The third-order valence-electron chi connectivity index (χ3n) is 2.33. The molecule has 0 aliphatic carbocycles. The summed E-state index contributed by atoms with van der Waals surface area (Å²) in [6.45, 7) is 2.13. The lowest BCUT2D eigenvalue weighted by atomic mass is 10.4. The van der Waals surface area contributed by atoms with E-state index in [4.69, 9.17) is 0 Å². The molecule has 0 atom stereocenters. The molecule has 0 fully saturated rings. The number of hydrogen-bond acceptors (Lipinski definition) is 3. The van der Waals surface area contributed by atoms with E-state index in [1.165, 1.54) is 4.90 Å². The summed E-state index contributed by atoms with van der Waals surface area (Å²) in [4.78, 5) is 5.87. The van der Waals surface area contributed by atoms with Crippen molar-refractivity contribution >= 4 is 11.8 Å². The van der Waals surface area contributed by atoms with Gasteiger partial charge in [-0.2, -0.15) is 0 Å². The lowest BCUT2D eigenvalue weighted by Gasteiger charge is -2.17. The van der Waals surface area contributed by atoms with Gasteiger partial charge in [0.25, 0.3) is 0 Å². The van der Waals surface area contributed by atoms with Crippen LogP contribution in [0.25, 0.3) is 0 Å². The number of benzene rings is 1. The molecule has 0 spiro atoms. The summed E-state index contributed by atoms with van der Waals surface area (Å²) < 4.78 is 0. The Hall–Kier alpha value is -1.09. The van der Waals surface area contributed by atoms with Crippen LogP contribution in [-0.2, 0) is 0 Å². The maximum absolute atomic E-state index is 2.33. The summed E-state index contributed by atoms with van der Waals surface area (Å²) in [5.41, 5.74) is 0. The van der Waals surface area contributed by atoms with Crippen LogP contribution in [0.2, 0.25) is 0 Å². The van der Waals surface area contributed by atoms with Crippen molar-refractivity contribution in [2.75, 3.05) is 26.0 Å². The zero-order chi connectivity index (χ0) is 10.5. The molecule has 2 nitrogen and oxygen atoms in total. The van der Waals surface area contributed by atoms with Gasteiger partial charge in [-0.25, -0.2) is 0 Å². The Morgan fingerprint density at radius 1 is 1.20 bits per heavy atom. The van der Waals surface area contributed by atoms with Crippen molar-refractivity contribution in [1.29, 1.82) is 0 Å². The minimum atomic E-state index is 1.02. The van der Waals surface area contributed by atoms with Crippen molar-refractivity contribution in [1.82, 2.24) is 9.80 Å². The van der Waals surface area contributed by atoms with Gasteiger partial charge in [-0.05, 0) is 12.1 Å². The van der Waals surface area contributed by atoms with Crippen LogP contribution in [-0.4, -0.2) is 35.8 Å². The van der Waals surface area contributed by atoms with Crippen molar-refractivity contribution in [3.63, 3.8) is 0 Å². The molecular weight excluding hydrogens is 204 g/mol. The second kappa shape index (κ2) is 5.12. The maximum atomic E-state index is 2.33. The minimum absolute atomic E-state index is 1.02. The highest BCUT2D eigenvalue weighted by atomic mass is 32.2. The summed E-state index contributed by atoms with van der Waals surface area (Å²) in [6, 6.07) is 10.6. The zero-order valence-corrected chi connectivity index (χ0v) is 9.78. The highest BCUT2D eigenvalue weighted by Crippen LogP contribution is 2.17. The van der Waals surface area contributed by atoms with Gasteiger partial charge < -0.3 is 9.80 Å². The van der Waals surface area contributed by atoms with Crippen LogP contribution >= 0.6 is 11.8 Å².